The molecule has 7 nitrogen and oxygen atoms in total. The molecular formula is C28H23BrN4O3. The number of hydrogen-bond donors (Lipinski definition) is 2. The quantitative estimate of drug-likeness (QED) is 0.336. The van der Waals surface area contributed by atoms with Gasteiger partial charge in [-0.2, -0.15) is 10.5 Å². The van der Waals surface area contributed by atoms with Gasteiger partial charge in [-0.15, -0.1) is 0 Å². The van der Waals surface area contributed by atoms with Gasteiger partial charge in [-0.1, -0.05) is 24.3 Å². The second-order valence-corrected chi connectivity index (χ2v) is 9.16. The number of carbonyl (C=O) groups excluding carboxylic acids is 2. The van der Waals surface area contributed by atoms with Crippen LogP contribution < -0.4 is 10.6 Å². The van der Waals surface area contributed by atoms with Crippen molar-refractivity contribution in [3.63, 3.8) is 0 Å². The van der Waals surface area contributed by atoms with Crippen molar-refractivity contribution in [1.29, 1.82) is 10.5 Å². The Kier molecular flexibility index (Phi) is 8.61. The number of anilines is 2. The van der Waals surface area contributed by atoms with E-state index in [4.69, 9.17) is 15.3 Å². The molecule has 0 radical (unpaired) electrons. The highest BCUT2D eigenvalue weighted by atomic mass is 79.9. The van der Waals surface area contributed by atoms with Gasteiger partial charge < -0.3 is 15.4 Å². The van der Waals surface area contributed by atoms with Gasteiger partial charge in [-0.3, -0.25) is 9.59 Å². The number of rotatable bonds is 7. The first-order chi connectivity index (χ1) is 17.2. The smallest absolute Gasteiger partial charge is 0.248 e. The average Bonchev–Trinajstić information content (AvgIpc) is 2.85. The van der Waals surface area contributed by atoms with Gasteiger partial charge >= 0.3 is 0 Å². The van der Waals surface area contributed by atoms with E-state index in [9.17, 15) is 9.59 Å². The highest BCUT2D eigenvalue weighted by Gasteiger charge is 2.23. The monoisotopic (exact) mass is 542 g/mol. The van der Waals surface area contributed by atoms with Gasteiger partial charge in [0.25, 0.3) is 0 Å². The Bertz CT molecular complexity index is 1390. The minimum absolute atomic E-state index is 0.0735. The molecule has 1 aliphatic heterocycles. The van der Waals surface area contributed by atoms with Crippen LogP contribution in [0.1, 0.15) is 31.4 Å². The molecule has 1 aliphatic rings. The van der Waals surface area contributed by atoms with Crippen molar-refractivity contribution in [1.82, 2.24) is 0 Å². The molecule has 0 saturated carbocycles. The lowest BCUT2D eigenvalue weighted by molar-refractivity contribution is -0.115. The fourth-order valence-electron chi connectivity index (χ4n) is 3.28. The fraction of sp³-hybridized carbons (Fsp3) is 0.143. The van der Waals surface area contributed by atoms with Gasteiger partial charge in [-0.25, -0.2) is 0 Å². The number of amides is 2. The number of nitriles is 2. The largest absolute Gasteiger partial charge is 0.483 e. The zero-order valence-corrected chi connectivity index (χ0v) is 21.3. The van der Waals surface area contributed by atoms with Crippen LogP contribution in [0.15, 0.2) is 94.7 Å². The number of hydrogen-bond acceptors (Lipinski definition) is 5. The lowest BCUT2D eigenvalue weighted by Crippen LogP contribution is -2.23. The van der Waals surface area contributed by atoms with E-state index in [2.05, 4.69) is 26.6 Å². The summed E-state index contributed by atoms with van der Waals surface area (Å²) < 4.78 is 6.54. The van der Waals surface area contributed by atoms with Crippen LogP contribution in [0.3, 0.4) is 0 Å². The number of ether oxygens (including phenoxy) is 1. The number of halogens is 1. The van der Waals surface area contributed by atoms with Crippen LogP contribution in [0.5, 0.6) is 0 Å². The van der Waals surface area contributed by atoms with Crippen molar-refractivity contribution < 1.29 is 14.3 Å². The highest BCUT2D eigenvalue weighted by Crippen LogP contribution is 2.32. The molecule has 0 aliphatic carbocycles. The van der Waals surface area contributed by atoms with Crippen LogP contribution in [0.25, 0.3) is 0 Å². The first kappa shape index (κ1) is 26.2. The van der Waals surface area contributed by atoms with Gasteiger partial charge in [0.1, 0.15) is 11.4 Å². The highest BCUT2D eigenvalue weighted by molar-refractivity contribution is 9.12. The predicted molar refractivity (Wildman–Crippen MR) is 142 cm³/mol. The maximum atomic E-state index is 12.9. The predicted octanol–water partition coefficient (Wildman–Crippen LogP) is 5.85. The summed E-state index contributed by atoms with van der Waals surface area (Å²) in [5.74, 6) is -0.248. The molecule has 8 heteroatoms. The van der Waals surface area contributed by atoms with Crippen molar-refractivity contribution in [2.24, 2.45) is 0 Å². The Morgan fingerprint density at radius 1 is 1.00 bits per heavy atom. The molecule has 0 unspecified atom stereocenters. The Balaban J connectivity index is 1.84. The summed E-state index contributed by atoms with van der Waals surface area (Å²) in [6.45, 7) is 3.81. The molecule has 2 aromatic rings. The summed E-state index contributed by atoms with van der Waals surface area (Å²) in [6.07, 6.45) is 8.31. The van der Waals surface area contributed by atoms with E-state index in [1.165, 1.54) is 12.2 Å². The Hall–Kier alpha value is -4.40. The summed E-state index contributed by atoms with van der Waals surface area (Å²) in [6, 6.07) is 17.2. The fourth-order valence-corrected chi connectivity index (χ4v) is 3.76. The van der Waals surface area contributed by atoms with Crippen LogP contribution in [0.4, 0.5) is 11.4 Å². The second-order valence-electron chi connectivity index (χ2n) is 8.37. The molecule has 0 saturated heterocycles. The van der Waals surface area contributed by atoms with Crippen LogP contribution >= 0.6 is 15.9 Å². The molecule has 1 heterocycles. The van der Waals surface area contributed by atoms with Crippen LogP contribution in [-0.2, 0) is 14.3 Å². The molecule has 0 aromatic heterocycles. The third-order valence-corrected chi connectivity index (χ3v) is 5.84. The minimum atomic E-state index is -0.541. The van der Waals surface area contributed by atoms with E-state index < -0.39 is 11.5 Å². The summed E-state index contributed by atoms with van der Waals surface area (Å²) in [7, 11) is 0. The maximum Gasteiger partial charge on any atom is 0.248 e. The number of allylic oxidation sites excluding steroid dienone is 4. The van der Waals surface area contributed by atoms with Crippen LogP contribution in [0, 0.1) is 22.7 Å². The zero-order chi connectivity index (χ0) is 26.1. The number of nitrogens with one attached hydrogen (secondary N) is 2. The third-order valence-electron chi connectivity index (χ3n) is 4.94. The molecular weight excluding hydrogens is 520 g/mol. The lowest BCUT2D eigenvalue weighted by atomic mass is 10.1. The summed E-state index contributed by atoms with van der Waals surface area (Å²) in [5.41, 5.74) is 1.79. The standard InChI is InChI=1S/C28H23BrN4O3/c1-28(2)13-5-10-24(36-28)27(29)21(16-26(35)33-23-9-4-7-20(15-23)18-31)11-12-25(34)32-22-8-3-6-19(14-22)17-30/h3-15H,16H2,1-2H3,(H,32,34)(H,33,35)/b12-11+,27-21-. The van der Waals surface area contributed by atoms with E-state index in [-0.39, 0.29) is 12.3 Å². The zero-order valence-electron chi connectivity index (χ0n) is 19.7. The van der Waals surface area contributed by atoms with Gasteiger partial charge in [0.2, 0.25) is 11.8 Å². The summed E-state index contributed by atoms with van der Waals surface area (Å²) >= 11 is 3.54. The van der Waals surface area contributed by atoms with Crippen molar-refractivity contribution >= 4 is 39.1 Å². The van der Waals surface area contributed by atoms with E-state index >= 15 is 0 Å². The third kappa shape index (κ3) is 7.56. The summed E-state index contributed by atoms with van der Waals surface area (Å²) in [5, 5.41) is 23.6. The molecule has 0 spiro atoms. The van der Waals surface area contributed by atoms with Gasteiger partial charge in [0.15, 0.2) is 0 Å². The van der Waals surface area contributed by atoms with E-state index in [0.29, 0.717) is 38.3 Å². The van der Waals surface area contributed by atoms with Crippen molar-refractivity contribution in [3.8, 4) is 12.1 Å². The Labute approximate surface area is 218 Å². The molecule has 36 heavy (non-hydrogen) atoms. The first-order valence-electron chi connectivity index (χ1n) is 11.0. The SMILES string of the molecule is CC1(C)C=CC=C(/C(Br)=C(\C=C\C(=O)Nc2cccc(C#N)c2)CC(=O)Nc2cccc(C#N)c2)O1. The summed E-state index contributed by atoms with van der Waals surface area (Å²) in [4.78, 5) is 25.4. The molecule has 2 N–H and O–H groups in total. The second kappa shape index (κ2) is 11.8. The molecule has 0 fully saturated rings. The maximum absolute atomic E-state index is 12.9. The molecule has 3 rings (SSSR count). The molecule has 180 valence electrons. The van der Waals surface area contributed by atoms with Gasteiger partial charge in [-0.05, 0) is 83.9 Å². The van der Waals surface area contributed by atoms with E-state index in [1.807, 2.05) is 38.1 Å². The van der Waals surface area contributed by atoms with Crippen molar-refractivity contribution in [3.05, 3.63) is 106 Å². The van der Waals surface area contributed by atoms with Crippen molar-refractivity contribution in [2.45, 2.75) is 25.9 Å². The molecule has 0 atom stereocenters. The van der Waals surface area contributed by atoms with Gasteiger partial charge in [0, 0.05) is 17.5 Å². The normalized spacial score (nSPS) is 14.5. The van der Waals surface area contributed by atoms with Gasteiger partial charge in [0.05, 0.1) is 34.2 Å². The number of nitrogens with zero attached hydrogens (tertiary/aromatic N) is 2. The Morgan fingerprint density at radius 2 is 1.61 bits per heavy atom. The molecule has 2 amide bonds. The topological polar surface area (TPSA) is 115 Å². The lowest BCUT2D eigenvalue weighted by Gasteiger charge is -2.27. The van der Waals surface area contributed by atoms with Crippen LogP contribution in [-0.4, -0.2) is 17.4 Å². The van der Waals surface area contributed by atoms with E-state index in [0.717, 1.165) is 0 Å². The van der Waals surface area contributed by atoms with E-state index in [1.54, 1.807) is 54.6 Å². The van der Waals surface area contributed by atoms with Crippen LogP contribution in [0.2, 0.25) is 0 Å². The number of carbonyl (C=O) groups is 2. The average molecular weight is 543 g/mol. The first-order valence-corrected chi connectivity index (χ1v) is 11.8. The minimum Gasteiger partial charge on any atom is -0.483 e. The number of benzene rings is 2. The molecule has 0 bridgehead atoms. The molecule has 2 aromatic carbocycles. The van der Waals surface area contributed by atoms with Crippen molar-refractivity contribution in [2.75, 3.05) is 10.6 Å². The Morgan fingerprint density at radius 3 is 2.19 bits per heavy atom.